The molecule has 0 unspecified atom stereocenters. The molecule has 0 fully saturated rings. The molecule has 2 aliphatic heterocycles. The van der Waals surface area contributed by atoms with Crippen LogP contribution in [0, 0.1) is 22.9 Å². The first-order valence-electron chi connectivity index (χ1n) is 28.7. The van der Waals surface area contributed by atoms with Gasteiger partial charge in [-0.15, -0.1) is 11.1 Å². The quantitative estimate of drug-likeness (QED) is 0.118. The Kier molecular flexibility index (Phi) is 16.2. The van der Waals surface area contributed by atoms with Crippen molar-refractivity contribution in [1.29, 1.82) is 0 Å². The summed E-state index contributed by atoms with van der Waals surface area (Å²) in [7, 11) is -4.36. The number of aromatic amines is 2. The Morgan fingerprint density at radius 1 is 0.355 bits per heavy atom. The Morgan fingerprint density at radius 2 is 0.618 bits per heavy atom. The highest BCUT2D eigenvalue weighted by Crippen LogP contribution is 2.44. The van der Waals surface area contributed by atoms with Gasteiger partial charge in [-0.3, -0.25) is 0 Å². The highest BCUT2D eigenvalue weighted by molar-refractivity contribution is 6.91. The van der Waals surface area contributed by atoms with Crippen molar-refractivity contribution in [3.05, 3.63) is 117 Å². The number of hydrogen-bond donors (Lipinski definition) is 2. The fourth-order valence-corrected chi connectivity index (χ4v) is 23.0. The highest BCUT2D eigenvalue weighted by Gasteiger charge is 2.43. The van der Waals surface area contributed by atoms with E-state index in [9.17, 15) is 0 Å². The molecule has 402 valence electrons. The summed E-state index contributed by atoms with van der Waals surface area (Å²) >= 11 is 0. The van der Waals surface area contributed by atoms with Gasteiger partial charge in [0, 0.05) is 22.2 Å². The van der Waals surface area contributed by atoms with E-state index >= 15 is 0 Å². The van der Waals surface area contributed by atoms with Gasteiger partial charge in [0.25, 0.3) is 0 Å². The smallest absolute Gasteiger partial charge is 0.146 e. The zero-order valence-electron chi connectivity index (χ0n) is 51.4. The molecule has 5 heterocycles. The molecular weight excluding hydrogens is 953 g/mol. The third-order valence-corrected chi connectivity index (χ3v) is 29.8. The van der Waals surface area contributed by atoms with E-state index in [1.165, 1.54) is 22.3 Å². The number of benzene rings is 2. The zero-order valence-corrected chi connectivity index (χ0v) is 53.4. The monoisotopic (exact) mass is 1050 g/mol. The number of nitrogens with zero attached hydrogens (tertiary/aromatic N) is 2. The largest absolute Gasteiger partial charge is 0.354 e. The van der Waals surface area contributed by atoms with Crippen LogP contribution in [-0.2, 0) is 21.7 Å². The number of nitrogens with one attached hydrogen (secondary N) is 2. The van der Waals surface area contributed by atoms with Crippen molar-refractivity contribution in [3.63, 3.8) is 0 Å². The van der Waals surface area contributed by atoms with Crippen LogP contribution in [0.25, 0.3) is 68.6 Å². The van der Waals surface area contributed by atoms with Gasteiger partial charge in [0.15, 0.2) is 0 Å². The van der Waals surface area contributed by atoms with Crippen LogP contribution in [0.15, 0.2) is 60.7 Å². The molecule has 0 spiro atoms. The van der Waals surface area contributed by atoms with E-state index in [1.54, 1.807) is 0 Å². The van der Waals surface area contributed by atoms with Gasteiger partial charge >= 0.3 is 0 Å². The summed E-state index contributed by atoms with van der Waals surface area (Å²) < 4.78 is 0. The third kappa shape index (κ3) is 11.3. The predicted molar refractivity (Wildman–Crippen MR) is 340 cm³/mol. The Bertz CT molecular complexity index is 3130. The number of aromatic nitrogens is 4. The summed E-state index contributed by atoms with van der Waals surface area (Å²) in [6.45, 7) is 56.5. The van der Waals surface area contributed by atoms with Gasteiger partial charge in [0.2, 0.25) is 0 Å². The van der Waals surface area contributed by atoms with Gasteiger partial charge in [-0.05, 0) is 137 Å². The fourth-order valence-electron chi connectivity index (χ4n) is 12.6. The lowest BCUT2D eigenvalue weighted by Gasteiger charge is -2.38. The van der Waals surface area contributed by atoms with Gasteiger partial charge in [-0.2, -0.15) is 0 Å². The lowest BCUT2D eigenvalue weighted by molar-refractivity contribution is 0.568. The maximum atomic E-state index is 5.71. The summed E-state index contributed by atoms with van der Waals surface area (Å²) in [4.78, 5) is 19.5. The highest BCUT2D eigenvalue weighted by atomic mass is 28.3. The van der Waals surface area contributed by atoms with Crippen molar-refractivity contribution in [1.82, 2.24) is 19.9 Å². The molecule has 8 bridgehead atoms. The first-order valence-corrected chi connectivity index (χ1v) is 33.1. The maximum Gasteiger partial charge on any atom is 0.146 e. The lowest BCUT2D eigenvalue weighted by Crippen LogP contribution is -2.43. The summed E-state index contributed by atoms with van der Waals surface area (Å²) in [5.74, 6) is 7.92. The van der Waals surface area contributed by atoms with Crippen LogP contribution in [0.1, 0.15) is 222 Å². The van der Waals surface area contributed by atoms with Gasteiger partial charge in [0.1, 0.15) is 16.1 Å². The van der Waals surface area contributed by atoms with Gasteiger partial charge < -0.3 is 9.97 Å². The number of fused-ring (bicyclic) bond motifs is 8. The fraction of sp³-hybridized carbons (Fsp3) is 0.486. The van der Waals surface area contributed by atoms with Crippen LogP contribution in [0.2, 0.25) is 33.2 Å². The molecule has 0 radical (unpaired) electrons. The maximum absolute atomic E-state index is 5.71. The Labute approximate surface area is 463 Å². The van der Waals surface area contributed by atoms with Crippen molar-refractivity contribution < 1.29 is 0 Å². The van der Waals surface area contributed by atoms with Gasteiger partial charge in [-0.1, -0.05) is 214 Å². The summed E-state index contributed by atoms with van der Waals surface area (Å²) in [5, 5.41) is 0. The van der Waals surface area contributed by atoms with E-state index in [0.717, 1.165) is 78.2 Å². The van der Waals surface area contributed by atoms with Crippen LogP contribution in [0.3, 0.4) is 0 Å². The van der Waals surface area contributed by atoms with Crippen LogP contribution in [-0.4, -0.2) is 36.1 Å². The Morgan fingerprint density at radius 3 is 0.895 bits per heavy atom. The van der Waals surface area contributed by atoms with E-state index in [4.69, 9.17) is 9.97 Å². The van der Waals surface area contributed by atoms with Crippen molar-refractivity contribution in [3.8, 4) is 45.2 Å². The summed E-state index contributed by atoms with van der Waals surface area (Å²) in [5.41, 5.74) is 29.6. The molecular formula is C70H94N4Si2. The van der Waals surface area contributed by atoms with E-state index in [0.29, 0.717) is 33.2 Å². The minimum absolute atomic E-state index is 0.0798. The van der Waals surface area contributed by atoms with E-state index in [2.05, 4.69) is 284 Å². The minimum atomic E-state index is -2.18. The second-order valence-electron chi connectivity index (χ2n) is 28.4. The molecule has 0 saturated carbocycles. The zero-order chi connectivity index (χ0) is 56.4. The molecule has 0 saturated heterocycles. The summed E-state index contributed by atoms with van der Waals surface area (Å²) in [6.07, 6.45) is 8.81. The first kappa shape index (κ1) is 58.3. The molecule has 6 heteroatoms. The Balaban J connectivity index is 1.79. The van der Waals surface area contributed by atoms with Crippen LogP contribution < -0.4 is 0 Å². The molecule has 0 amide bonds. The molecule has 0 aliphatic carbocycles. The number of H-pyrrole nitrogens is 2. The normalized spacial score (nSPS) is 13.7. The molecule has 2 N–H and O–H groups in total. The molecule has 2 aromatic carbocycles. The van der Waals surface area contributed by atoms with E-state index in [1.807, 2.05) is 0 Å². The molecule has 7 rings (SSSR count). The second kappa shape index (κ2) is 21.1. The third-order valence-electron chi connectivity index (χ3n) is 17.2. The average Bonchev–Trinajstić information content (AvgIpc) is 4.15. The topological polar surface area (TPSA) is 57.4 Å². The number of hydrogen-bond acceptors (Lipinski definition) is 2. The molecule has 76 heavy (non-hydrogen) atoms. The minimum Gasteiger partial charge on any atom is -0.354 e. The average molecular weight is 1050 g/mol. The van der Waals surface area contributed by atoms with Crippen molar-refractivity contribution >= 4 is 62.5 Å². The van der Waals surface area contributed by atoms with Crippen molar-refractivity contribution in [2.45, 2.75) is 221 Å². The lowest BCUT2D eigenvalue weighted by atomic mass is 9.78. The predicted octanol–water partition coefficient (Wildman–Crippen LogP) is 20.3. The van der Waals surface area contributed by atoms with Crippen molar-refractivity contribution in [2.75, 3.05) is 0 Å². The second-order valence-corrected chi connectivity index (χ2v) is 39.6. The van der Waals surface area contributed by atoms with Crippen molar-refractivity contribution in [2.24, 2.45) is 0 Å². The van der Waals surface area contributed by atoms with E-state index < -0.39 is 16.1 Å². The molecule has 0 atom stereocenters. The van der Waals surface area contributed by atoms with E-state index in [-0.39, 0.29) is 21.7 Å². The molecule has 2 aliphatic rings. The van der Waals surface area contributed by atoms with Crippen LogP contribution in [0.4, 0.5) is 0 Å². The number of rotatable bonds is 8. The molecule has 3 aromatic heterocycles. The summed E-state index contributed by atoms with van der Waals surface area (Å²) in [6, 6.07) is 23.4. The van der Waals surface area contributed by atoms with Gasteiger partial charge in [0.05, 0.1) is 44.9 Å². The first-order chi connectivity index (χ1) is 35.1. The molecule has 4 nitrogen and oxygen atoms in total. The standard InChI is InChI=1S/C70H94N4Si2/c1-43(2)75(44(3)4,45(5)6)35-33-55-57-25-29-61(71-57)65(49-37-51(67(13,14)15)41-52(38-49)68(16,17)18)63-31-27-59(73-63)56(34-36-76(46(7)8,47(9)10)48(11)12)60-28-32-64(74-60)66(62-30-26-58(55)72-62)50-39-53(69(19,20)21)42-54(40-50)70(22,23)24/h25-32,37-48,71,73H,1-24H3. The van der Waals surface area contributed by atoms with Crippen LogP contribution in [0.5, 0.6) is 0 Å². The molecule has 5 aromatic rings. The van der Waals surface area contributed by atoms with Gasteiger partial charge in [-0.25, -0.2) is 9.97 Å². The van der Waals surface area contributed by atoms with Crippen LogP contribution >= 0.6 is 0 Å². The Hall–Kier alpha value is -5.41. The SMILES string of the molecule is CC(C)[Si](C#Cc1c2nc(c(-c3cc(C(C)(C)C)cc(C(C)(C)C)c3)c3nc(c(C#C[Si](C(C)C)(C(C)C)C(C)C)c4ccc([nH]4)c(-c4cc(C(C)(C)C)cc(C(C)(C)C)c4)c4ccc1[nH]4)C=C3)C=C2)(C(C)C)C(C)C.